The normalized spacial score (nSPS) is 10.6. The van der Waals surface area contributed by atoms with Crippen LogP contribution in [0.25, 0.3) is 5.69 Å². The van der Waals surface area contributed by atoms with Gasteiger partial charge >= 0.3 is 0 Å². The maximum absolute atomic E-state index is 12.3. The zero-order valence-electron chi connectivity index (χ0n) is 17.5. The molecule has 3 aromatic rings. The number of likely N-dealkylation sites (N-methyl/N-ethyl adjacent to an activating group) is 1. The third-order valence-corrected chi connectivity index (χ3v) is 5.58. The number of carbonyl (C=O) groups is 1. The maximum Gasteiger partial charge on any atom is 0.230 e. The fraction of sp³-hybridized carbons (Fsp3) is 0.318. The number of methoxy groups -OCH3 is 1. The number of rotatable bonds is 10. The largest absolute Gasteiger partial charge is 0.497 e. The van der Waals surface area contributed by atoms with Crippen LogP contribution in [-0.2, 0) is 4.79 Å². The lowest BCUT2D eigenvalue weighted by Crippen LogP contribution is -2.35. The van der Waals surface area contributed by atoms with Crippen LogP contribution in [0, 0.1) is 6.92 Å². The molecular weight excluding hydrogens is 398 g/mol. The summed E-state index contributed by atoms with van der Waals surface area (Å²) >= 11 is 1.36. The van der Waals surface area contributed by atoms with Gasteiger partial charge in [-0.1, -0.05) is 30.0 Å². The van der Waals surface area contributed by atoms with Gasteiger partial charge in [0.1, 0.15) is 12.1 Å². The second-order valence-electron chi connectivity index (χ2n) is 6.74. The SMILES string of the molecule is CCN(CCNC(=O)CSc1nncn1-c1cccc(OC)c1)c1cccc(C)c1. The van der Waals surface area contributed by atoms with Crippen molar-refractivity contribution < 1.29 is 9.53 Å². The lowest BCUT2D eigenvalue weighted by Gasteiger charge is -2.23. The number of benzene rings is 2. The molecule has 1 heterocycles. The number of aromatic nitrogens is 3. The average Bonchev–Trinajstić information content (AvgIpc) is 3.24. The van der Waals surface area contributed by atoms with Gasteiger partial charge in [-0.3, -0.25) is 9.36 Å². The number of anilines is 1. The van der Waals surface area contributed by atoms with Crippen molar-refractivity contribution in [3.63, 3.8) is 0 Å². The Kier molecular flexibility index (Phi) is 7.73. The Bertz CT molecular complexity index is 975. The molecule has 0 bridgehead atoms. The van der Waals surface area contributed by atoms with Crippen molar-refractivity contribution >= 4 is 23.4 Å². The number of nitrogens with one attached hydrogen (secondary N) is 1. The van der Waals surface area contributed by atoms with Crippen LogP contribution in [0.15, 0.2) is 60.0 Å². The van der Waals surface area contributed by atoms with Gasteiger partial charge < -0.3 is 15.0 Å². The molecule has 0 saturated heterocycles. The Labute approximate surface area is 181 Å². The number of aryl methyl sites for hydroxylation is 1. The fourth-order valence-electron chi connectivity index (χ4n) is 3.07. The minimum Gasteiger partial charge on any atom is -0.497 e. The van der Waals surface area contributed by atoms with E-state index in [-0.39, 0.29) is 11.7 Å². The quantitative estimate of drug-likeness (QED) is 0.503. The number of carbonyl (C=O) groups excluding carboxylic acids is 1. The van der Waals surface area contributed by atoms with Gasteiger partial charge in [0.15, 0.2) is 5.16 Å². The molecule has 0 unspecified atom stereocenters. The van der Waals surface area contributed by atoms with Crippen molar-refractivity contribution in [3.05, 3.63) is 60.4 Å². The number of hydrogen-bond acceptors (Lipinski definition) is 6. The summed E-state index contributed by atoms with van der Waals surface area (Å²) in [5, 5.41) is 11.8. The first-order valence-corrected chi connectivity index (χ1v) is 10.8. The Balaban J connectivity index is 1.50. The van der Waals surface area contributed by atoms with E-state index in [0.717, 1.165) is 24.5 Å². The molecule has 0 aliphatic carbocycles. The number of thioether (sulfide) groups is 1. The summed E-state index contributed by atoms with van der Waals surface area (Å²) in [6, 6.07) is 16.0. The first-order valence-electron chi connectivity index (χ1n) is 9.86. The molecule has 1 aromatic heterocycles. The molecule has 1 amide bonds. The lowest BCUT2D eigenvalue weighted by atomic mass is 10.2. The molecule has 0 radical (unpaired) electrons. The number of nitrogens with zero attached hydrogens (tertiary/aromatic N) is 4. The van der Waals surface area contributed by atoms with Crippen LogP contribution in [0.2, 0.25) is 0 Å². The van der Waals surface area contributed by atoms with E-state index in [1.807, 2.05) is 28.8 Å². The van der Waals surface area contributed by atoms with E-state index in [0.29, 0.717) is 11.7 Å². The van der Waals surface area contributed by atoms with E-state index < -0.39 is 0 Å². The summed E-state index contributed by atoms with van der Waals surface area (Å²) in [5.41, 5.74) is 3.29. The topological polar surface area (TPSA) is 72.3 Å². The van der Waals surface area contributed by atoms with Crippen LogP contribution in [0.5, 0.6) is 5.75 Å². The Hall–Kier alpha value is -3.00. The monoisotopic (exact) mass is 425 g/mol. The molecular formula is C22H27N5O2S. The number of hydrogen-bond donors (Lipinski definition) is 1. The van der Waals surface area contributed by atoms with Crippen molar-refractivity contribution in [3.8, 4) is 11.4 Å². The van der Waals surface area contributed by atoms with Crippen LogP contribution >= 0.6 is 11.8 Å². The third kappa shape index (κ3) is 5.76. The molecule has 30 heavy (non-hydrogen) atoms. The summed E-state index contributed by atoms with van der Waals surface area (Å²) in [6.45, 7) is 6.43. The van der Waals surface area contributed by atoms with E-state index in [9.17, 15) is 4.79 Å². The van der Waals surface area contributed by atoms with Gasteiger partial charge in [0, 0.05) is 31.4 Å². The fourth-order valence-corrected chi connectivity index (χ4v) is 3.82. The average molecular weight is 426 g/mol. The summed E-state index contributed by atoms with van der Waals surface area (Å²) < 4.78 is 7.12. The van der Waals surface area contributed by atoms with Crippen molar-refractivity contribution in [1.29, 1.82) is 0 Å². The van der Waals surface area contributed by atoms with E-state index in [2.05, 4.69) is 58.5 Å². The van der Waals surface area contributed by atoms with Gasteiger partial charge in [-0.15, -0.1) is 10.2 Å². The number of ether oxygens (including phenoxy) is 1. The second-order valence-corrected chi connectivity index (χ2v) is 7.68. The third-order valence-electron chi connectivity index (χ3n) is 4.63. The first kappa shape index (κ1) is 21.7. The molecule has 0 aliphatic rings. The molecule has 1 N–H and O–H groups in total. The van der Waals surface area contributed by atoms with E-state index in [4.69, 9.17) is 4.74 Å². The molecule has 8 heteroatoms. The first-order chi connectivity index (χ1) is 14.6. The minimum absolute atomic E-state index is 0.0273. The zero-order chi connectivity index (χ0) is 21.3. The molecule has 7 nitrogen and oxygen atoms in total. The molecule has 2 aromatic carbocycles. The molecule has 0 atom stereocenters. The highest BCUT2D eigenvalue weighted by Gasteiger charge is 2.11. The highest BCUT2D eigenvalue weighted by atomic mass is 32.2. The van der Waals surface area contributed by atoms with Gasteiger partial charge in [0.05, 0.1) is 18.6 Å². The van der Waals surface area contributed by atoms with Crippen LogP contribution in [0.1, 0.15) is 12.5 Å². The van der Waals surface area contributed by atoms with Crippen molar-refractivity contribution in [2.24, 2.45) is 0 Å². The lowest BCUT2D eigenvalue weighted by molar-refractivity contribution is -0.118. The van der Waals surface area contributed by atoms with Crippen LogP contribution in [-0.4, -0.2) is 53.2 Å². The van der Waals surface area contributed by atoms with Gasteiger partial charge in [-0.05, 0) is 43.7 Å². The molecule has 158 valence electrons. The Morgan fingerprint density at radius 2 is 2.07 bits per heavy atom. The van der Waals surface area contributed by atoms with Crippen LogP contribution in [0.4, 0.5) is 5.69 Å². The van der Waals surface area contributed by atoms with E-state index in [1.165, 1.54) is 23.0 Å². The summed E-state index contributed by atoms with van der Waals surface area (Å²) in [6.07, 6.45) is 1.63. The Morgan fingerprint density at radius 1 is 1.23 bits per heavy atom. The van der Waals surface area contributed by atoms with Gasteiger partial charge in [-0.2, -0.15) is 0 Å². The van der Waals surface area contributed by atoms with Crippen molar-refractivity contribution in [2.45, 2.75) is 19.0 Å². The van der Waals surface area contributed by atoms with E-state index >= 15 is 0 Å². The van der Waals surface area contributed by atoms with Gasteiger partial charge in [0.25, 0.3) is 0 Å². The smallest absolute Gasteiger partial charge is 0.230 e. The van der Waals surface area contributed by atoms with Gasteiger partial charge in [-0.25, -0.2) is 0 Å². The number of amides is 1. The predicted octanol–water partition coefficient (Wildman–Crippen LogP) is 3.32. The maximum atomic E-state index is 12.3. The highest BCUT2D eigenvalue weighted by molar-refractivity contribution is 7.99. The molecule has 0 saturated carbocycles. The zero-order valence-corrected chi connectivity index (χ0v) is 18.4. The van der Waals surface area contributed by atoms with Crippen LogP contribution in [0.3, 0.4) is 0 Å². The summed E-state index contributed by atoms with van der Waals surface area (Å²) in [5.74, 6) is 1.00. The van der Waals surface area contributed by atoms with Crippen molar-refractivity contribution in [1.82, 2.24) is 20.1 Å². The van der Waals surface area contributed by atoms with Crippen molar-refractivity contribution in [2.75, 3.05) is 37.4 Å². The molecule has 3 rings (SSSR count). The molecule has 0 aliphatic heterocycles. The Morgan fingerprint density at radius 3 is 2.83 bits per heavy atom. The standard InChI is InChI=1S/C22H27N5O2S/c1-4-26(18-8-5-7-17(2)13-18)12-11-23-21(28)15-30-22-25-24-16-27(22)19-9-6-10-20(14-19)29-3/h5-10,13-14,16H,4,11-12,15H2,1-3H3,(H,23,28). The minimum atomic E-state index is -0.0273. The van der Waals surface area contributed by atoms with Gasteiger partial charge in [0.2, 0.25) is 5.91 Å². The van der Waals surface area contributed by atoms with Crippen LogP contribution < -0.4 is 15.0 Å². The molecule has 0 spiro atoms. The predicted molar refractivity (Wildman–Crippen MR) is 121 cm³/mol. The molecule has 0 fully saturated rings. The summed E-state index contributed by atoms with van der Waals surface area (Å²) in [4.78, 5) is 14.6. The van der Waals surface area contributed by atoms with E-state index in [1.54, 1.807) is 13.4 Å². The highest BCUT2D eigenvalue weighted by Crippen LogP contribution is 2.22. The second kappa shape index (κ2) is 10.7. The summed E-state index contributed by atoms with van der Waals surface area (Å²) in [7, 11) is 1.63.